The lowest BCUT2D eigenvalue weighted by Crippen LogP contribution is -2.24. The van der Waals surface area contributed by atoms with Crippen LogP contribution in [-0.4, -0.2) is 46.7 Å². The fraction of sp³-hybridized carbons (Fsp3) is 0.667. The molecule has 0 aliphatic rings. The van der Waals surface area contributed by atoms with Crippen molar-refractivity contribution in [3.63, 3.8) is 0 Å². The van der Waals surface area contributed by atoms with Crippen LogP contribution in [0.3, 0.4) is 0 Å². The number of hydrogen-bond donors (Lipinski definition) is 1. The average Bonchev–Trinajstić information content (AvgIpc) is 2.88. The van der Waals surface area contributed by atoms with Crippen LogP contribution in [0.25, 0.3) is 4.96 Å². The Morgan fingerprint density at radius 1 is 1.41 bits per heavy atom. The van der Waals surface area contributed by atoms with Gasteiger partial charge in [0.15, 0.2) is 5.82 Å². The highest BCUT2D eigenvalue weighted by Crippen LogP contribution is 2.16. The van der Waals surface area contributed by atoms with E-state index in [-0.39, 0.29) is 6.10 Å². The lowest BCUT2D eigenvalue weighted by Gasteiger charge is -2.09. The Labute approximate surface area is 103 Å². The molecule has 0 aromatic carbocycles. The molecular weight excluding hydrogens is 242 g/mol. The molecule has 1 unspecified atom stereocenters. The summed E-state index contributed by atoms with van der Waals surface area (Å²) in [4.78, 5) is 0.763. The molecule has 1 atom stereocenters. The number of hydrogen-bond acceptors (Lipinski definition) is 7. The van der Waals surface area contributed by atoms with E-state index >= 15 is 0 Å². The molecule has 2 N–H and O–H groups in total. The molecule has 0 spiro atoms. The molecule has 0 amide bonds. The van der Waals surface area contributed by atoms with Crippen molar-refractivity contribution in [2.75, 3.05) is 20.8 Å². The van der Waals surface area contributed by atoms with Crippen molar-refractivity contribution in [1.29, 1.82) is 0 Å². The zero-order chi connectivity index (χ0) is 12.3. The fourth-order valence-electron chi connectivity index (χ4n) is 1.46. The smallest absolute Gasteiger partial charge is 0.234 e. The quantitative estimate of drug-likeness (QED) is 0.774. The maximum atomic E-state index is 5.58. The van der Waals surface area contributed by atoms with E-state index in [9.17, 15) is 0 Å². The van der Waals surface area contributed by atoms with Gasteiger partial charge in [0.1, 0.15) is 11.6 Å². The van der Waals surface area contributed by atoms with Crippen LogP contribution in [0, 0.1) is 0 Å². The number of methoxy groups -OCH3 is 2. The second-order valence-electron chi connectivity index (χ2n) is 3.54. The summed E-state index contributed by atoms with van der Waals surface area (Å²) in [6.07, 6.45) is 0.678. The summed E-state index contributed by atoms with van der Waals surface area (Å²) in [6.45, 7) is 0.872. The van der Waals surface area contributed by atoms with Gasteiger partial charge in [0.25, 0.3) is 0 Å². The van der Waals surface area contributed by atoms with Gasteiger partial charge in [-0.25, -0.2) is 0 Å². The van der Waals surface area contributed by atoms with Crippen molar-refractivity contribution in [3.8, 4) is 0 Å². The van der Waals surface area contributed by atoms with Crippen LogP contribution in [0.15, 0.2) is 0 Å². The monoisotopic (exact) mass is 257 g/mol. The van der Waals surface area contributed by atoms with Crippen molar-refractivity contribution in [2.45, 2.75) is 19.1 Å². The van der Waals surface area contributed by atoms with Gasteiger partial charge in [0, 0.05) is 27.2 Å². The minimum Gasteiger partial charge on any atom is -0.380 e. The van der Waals surface area contributed by atoms with Crippen LogP contribution >= 0.6 is 11.3 Å². The Kier molecular flexibility index (Phi) is 4.00. The first-order valence-electron chi connectivity index (χ1n) is 5.20. The van der Waals surface area contributed by atoms with Crippen molar-refractivity contribution in [3.05, 3.63) is 10.8 Å². The Hall–Kier alpha value is -1.09. The zero-order valence-corrected chi connectivity index (χ0v) is 10.6. The number of aromatic nitrogens is 4. The van der Waals surface area contributed by atoms with Gasteiger partial charge in [-0.1, -0.05) is 11.3 Å². The van der Waals surface area contributed by atoms with Crippen LogP contribution in [0.5, 0.6) is 0 Å². The van der Waals surface area contributed by atoms with Gasteiger partial charge in [-0.15, -0.1) is 10.2 Å². The highest BCUT2D eigenvalue weighted by Gasteiger charge is 2.14. The molecule has 0 bridgehead atoms. The first kappa shape index (κ1) is 12.4. The molecule has 0 aliphatic carbocycles. The number of nitrogens with two attached hydrogens (primary N) is 1. The summed E-state index contributed by atoms with van der Waals surface area (Å²) >= 11 is 1.49. The fourth-order valence-corrected chi connectivity index (χ4v) is 2.37. The van der Waals surface area contributed by atoms with Gasteiger partial charge in [-0.3, -0.25) is 0 Å². The number of rotatable bonds is 6. The Bertz CT molecular complexity index is 479. The Morgan fingerprint density at radius 3 is 2.88 bits per heavy atom. The number of nitrogens with zero attached hydrogens (tertiary/aromatic N) is 4. The second-order valence-corrected chi connectivity index (χ2v) is 4.58. The van der Waals surface area contributed by atoms with E-state index in [4.69, 9.17) is 15.2 Å². The minimum atomic E-state index is -0.00955. The van der Waals surface area contributed by atoms with Gasteiger partial charge in [0.05, 0.1) is 6.10 Å². The summed E-state index contributed by atoms with van der Waals surface area (Å²) in [6, 6.07) is 0. The van der Waals surface area contributed by atoms with Crippen molar-refractivity contribution in [1.82, 2.24) is 19.8 Å². The third kappa shape index (κ3) is 2.60. The summed E-state index contributed by atoms with van der Waals surface area (Å²) in [5.74, 6) is 0.701. The lowest BCUT2D eigenvalue weighted by molar-refractivity contribution is 0.109. The van der Waals surface area contributed by atoms with Crippen LogP contribution < -0.4 is 5.73 Å². The third-order valence-corrected chi connectivity index (χ3v) is 3.29. The zero-order valence-electron chi connectivity index (χ0n) is 9.79. The Morgan fingerprint density at radius 2 is 2.24 bits per heavy atom. The molecular formula is C9H15N5O2S. The van der Waals surface area contributed by atoms with Gasteiger partial charge < -0.3 is 15.2 Å². The molecule has 17 heavy (non-hydrogen) atoms. The van der Waals surface area contributed by atoms with Crippen LogP contribution in [-0.2, 0) is 22.5 Å². The molecule has 0 aliphatic heterocycles. The molecule has 2 rings (SSSR count). The highest BCUT2D eigenvalue weighted by molar-refractivity contribution is 7.16. The molecule has 0 fully saturated rings. The second kappa shape index (κ2) is 5.50. The van der Waals surface area contributed by atoms with Crippen LogP contribution in [0.1, 0.15) is 10.8 Å². The molecule has 2 aromatic heterocycles. The molecule has 0 radical (unpaired) electrons. The summed E-state index contributed by atoms with van der Waals surface area (Å²) < 4.78 is 12.0. The van der Waals surface area contributed by atoms with Crippen LogP contribution in [0.4, 0.5) is 0 Å². The van der Waals surface area contributed by atoms with E-state index in [1.54, 1.807) is 18.7 Å². The molecule has 0 saturated carbocycles. The van der Waals surface area contributed by atoms with Crippen molar-refractivity contribution in [2.24, 2.45) is 5.73 Å². The minimum absolute atomic E-state index is 0.00955. The number of fused-ring (bicyclic) bond motifs is 1. The Balaban J connectivity index is 2.19. The standard InChI is InChI=1S/C9H15N5O2S/c1-15-5-7-11-12-9-14(7)13-8(17-9)3-6(4-10)16-2/h6H,3-5,10H2,1-2H3. The third-order valence-electron chi connectivity index (χ3n) is 2.37. The van der Waals surface area contributed by atoms with E-state index in [0.29, 0.717) is 25.4 Å². The molecule has 2 heterocycles. The van der Waals surface area contributed by atoms with Crippen molar-refractivity contribution >= 4 is 16.3 Å². The maximum absolute atomic E-state index is 5.58. The van der Waals surface area contributed by atoms with E-state index in [1.165, 1.54) is 11.3 Å². The first-order valence-corrected chi connectivity index (χ1v) is 6.02. The largest absolute Gasteiger partial charge is 0.380 e. The van der Waals surface area contributed by atoms with Gasteiger partial charge in [0.2, 0.25) is 4.96 Å². The molecule has 94 valence electrons. The van der Waals surface area contributed by atoms with Gasteiger partial charge >= 0.3 is 0 Å². The normalized spacial score (nSPS) is 13.4. The molecule has 8 heteroatoms. The topological polar surface area (TPSA) is 87.6 Å². The van der Waals surface area contributed by atoms with Gasteiger partial charge in [-0.2, -0.15) is 9.61 Å². The van der Waals surface area contributed by atoms with Gasteiger partial charge in [-0.05, 0) is 0 Å². The van der Waals surface area contributed by atoms with Crippen LogP contribution in [0.2, 0.25) is 0 Å². The van der Waals surface area contributed by atoms with E-state index in [1.807, 2.05) is 0 Å². The first-order chi connectivity index (χ1) is 8.28. The van der Waals surface area contributed by atoms with E-state index < -0.39 is 0 Å². The van der Waals surface area contributed by atoms with E-state index in [2.05, 4.69) is 15.3 Å². The molecule has 0 saturated heterocycles. The highest BCUT2D eigenvalue weighted by atomic mass is 32.1. The van der Waals surface area contributed by atoms with E-state index in [0.717, 1.165) is 9.97 Å². The summed E-state index contributed by atoms with van der Waals surface area (Å²) in [7, 11) is 3.26. The molecule has 2 aromatic rings. The maximum Gasteiger partial charge on any atom is 0.234 e. The predicted octanol–water partition coefficient (Wildman–Crippen LogP) is -0.152. The number of ether oxygens (including phenoxy) is 2. The van der Waals surface area contributed by atoms with Crippen molar-refractivity contribution < 1.29 is 9.47 Å². The average molecular weight is 257 g/mol. The summed E-state index contributed by atoms with van der Waals surface area (Å²) in [5.41, 5.74) is 5.58. The lowest BCUT2D eigenvalue weighted by atomic mass is 10.3. The summed E-state index contributed by atoms with van der Waals surface area (Å²) in [5, 5.41) is 13.4. The predicted molar refractivity (Wildman–Crippen MR) is 62.9 cm³/mol. The SMILES string of the molecule is COCc1nnc2sc(CC(CN)OC)nn12. The molecule has 7 nitrogen and oxygen atoms in total.